The first-order valence-corrected chi connectivity index (χ1v) is 8.82. The van der Waals surface area contributed by atoms with Gasteiger partial charge in [-0.25, -0.2) is 0 Å². The van der Waals surface area contributed by atoms with Gasteiger partial charge in [0.25, 0.3) is 0 Å². The maximum Gasteiger partial charge on any atom is 0.387 e. The molecule has 0 radical (unpaired) electrons. The Balaban J connectivity index is 1.75. The van der Waals surface area contributed by atoms with Gasteiger partial charge in [-0.15, -0.1) is 0 Å². The van der Waals surface area contributed by atoms with Crippen molar-refractivity contribution in [2.24, 2.45) is 0 Å². The summed E-state index contributed by atoms with van der Waals surface area (Å²) >= 11 is 0. The molecule has 2 aromatic carbocycles. The largest absolute Gasteiger partial charge is 0.435 e. The van der Waals surface area contributed by atoms with E-state index < -0.39 is 43.7 Å². The second-order valence-corrected chi connectivity index (χ2v) is 6.69. The number of rotatable bonds is 6. The molecule has 0 spiro atoms. The minimum absolute atomic E-state index is 0.0776. The zero-order valence-corrected chi connectivity index (χ0v) is 14.9. The summed E-state index contributed by atoms with van der Waals surface area (Å²) in [6.07, 6.45) is -5.58. The van der Waals surface area contributed by atoms with Crippen molar-refractivity contribution < 1.29 is 38.7 Å². The van der Waals surface area contributed by atoms with Gasteiger partial charge in [0, 0.05) is 0 Å². The Kier molecular flexibility index (Phi) is 6.58. The van der Waals surface area contributed by atoms with Gasteiger partial charge in [-0.3, -0.25) is 0 Å². The molecule has 4 N–H and O–H groups in total. The van der Waals surface area contributed by atoms with Crippen molar-refractivity contribution in [3.05, 3.63) is 65.2 Å². The maximum atomic E-state index is 12.2. The summed E-state index contributed by atoms with van der Waals surface area (Å²) in [4.78, 5) is 0. The van der Waals surface area contributed by atoms with Crippen LogP contribution in [0.2, 0.25) is 0 Å². The van der Waals surface area contributed by atoms with Crippen LogP contribution in [-0.2, 0) is 11.2 Å². The number of aliphatic hydroxyl groups is 4. The van der Waals surface area contributed by atoms with Crippen LogP contribution in [-0.4, -0.2) is 58.1 Å². The quantitative estimate of drug-likeness (QED) is 0.589. The van der Waals surface area contributed by atoms with E-state index in [1.165, 1.54) is 12.1 Å². The summed E-state index contributed by atoms with van der Waals surface area (Å²) in [7, 11) is 0. The maximum absolute atomic E-state index is 12.2. The van der Waals surface area contributed by atoms with Crippen LogP contribution in [0.15, 0.2) is 48.5 Å². The molecule has 1 heterocycles. The molecule has 152 valence electrons. The topological polar surface area (TPSA) is 99.4 Å². The van der Waals surface area contributed by atoms with Gasteiger partial charge >= 0.3 is 6.61 Å². The molecule has 0 amide bonds. The third kappa shape index (κ3) is 4.65. The lowest BCUT2D eigenvalue weighted by Gasteiger charge is -2.40. The number of benzene rings is 2. The lowest BCUT2D eigenvalue weighted by molar-refractivity contribution is -0.231. The molecule has 1 aliphatic rings. The molecule has 0 aliphatic carbocycles. The van der Waals surface area contributed by atoms with Crippen molar-refractivity contribution >= 4 is 0 Å². The van der Waals surface area contributed by atoms with Crippen LogP contribution in [0, 0.1) is 0 Å². The number of aliphatic hydroxyl groups excluding tert-OH is 4. The number of hydrogen-bond donors (Lipinski definition) is 4. The average Bonchev–Trinajstić information content (AvgIpc) is 2.68. The molecule has 3 rings (SSSR count). The highest BCUT2D eigenvalue weighted by atomic mass is 19.3. The van der Waals surface area contributed by atoms with Gasteiger partial charge in [0.2, 0.25) is 0 Å². The van der Waals surface area contributed by atoms with E-state index in [0.29, 0.717) is 12.0 Å². The van der Waals surface area contributed by atoms with Crippen molar-refractivity contribution in [3.8, 4) is 5.75 Å². The summed E-state index contributed by atoms with van der Waals surface area (Å²) < 4.78 is 34.3. The molecule has 1 fully saturated rings. The summed E-state index contributed by atoms with van der Waals surface area (Å²) in [5.74, 6) is 0.0776. The van der Waals surface area contributed by atoms with Crippen LogP contribution in [0.5, 0.6) is 5.75 Å². The van der Waals surface area contributed by atoms with E-state index in [-0.39, 0.29) is 5.75 Å². The summed E-state index contributed by atoms with van der Waals surface area (Å²) in [5.41, 5.74) is 2.33. The number of ether oxygens (including phenoxy) is 2. The second kappa shape index (κ2) is 8.93. The SMILES string of the molecule is OC[C@H]1O[C@@H](c2cccc(Cc3ccc(OC(F)F)cc3)c2)[C@H](O)[C@@H](O)[C@@H]1O. The lowest BCUT2D eigenvalue weighted by Crippen LogP contribution is -2.55. The van der Waals surface area contributed by atoms with Gasteiger partial charge in [0.1, 0.15) is 36.3 Å². The summed E-state index contributed by atoms with van der Waals surface area (Å²) in [6.45, 7) is -3.37. The third-order valence-electron chi connectivity index (χ3n) is 4.73. The van der Waals surface area contributed by atoms with Crippen LogP contribution in [0.1, 0.15) is 22.8 Å². The highest BCUT2D eigenvalue weighted by Gasteiger charge is 2.43. The zero-order chi connectivity index (χ0) is 20.3. The molecule has 0 unspecified atom stereocenters. The van der Waals surface area contributed by atoms with E-state index in [2.05, 4.69) is 4.74 Å². The predicted molar refractivity (Wildman–Crippen MR) is 95.0 cm³/mol. The molecule has 1 saturated heterocycles. The fourth-order valence-electron chi connectivity index (χ4n) is 3.28. The number of halogens is 2. The average molecular weight is 396 g/mol. The molecule has 1 aliphatic heterocycles. The molecule has 0 aromatic heterocycles. The Labute approximate surface area is 160 Å². The van der Waals surface area contributed by atoms with Crippen LogP contribution >= 0.6 is 0 Å². The normalized spacial score (nSPS) is 27.8. The number of hydrogen-bond acceptors (Lipinski definition) is 6. The molecule has 5 atom stereocenters. The van der Waals surface area contributed by atoms with Gasteiger partial charge in [-0.2, -0.15) is 8.78 Å². The van der Waals surface area contributed by atoms with Crippen molar-refractivity contribution in [2.45, 2.75) is 43.6 Å². The van der Waals surface area contributed by atoms with Crippen LogP contribution < -0.4 is 4.74 Å². The predicted octanol–water partition coefficient (Wildman–Crippen LogP) is 1.39. The minimum atomic E-state index is -2.87. The molecule has 28 heavy (non-hydrogen) atoms. The summed E-state index contributed by atoms with van der Waals surface area (Å²) in [6, 6.07) is 13.4. The first kappa shape index (κ1) is 20.6. The smallest absolute Gasteiger partial charge is 0.387 e. The van der Waals surface area contributed by atoms with Gasteiger partial charge in [0.15, 0.2) is 0 Å². The number of alkyl halides is 2. The zero-order valence-electron chi connectivity index (χ0n) is 14.9. The van der Waals surface area contributed by atoms with E-state index in [9.17, 15) is 29.2 Å². The first-order chi connectivity index (χ1) is 13.4. The van der Waals surface area contributed by atoms with Crippen molar-refractivity contribution in [1.82, 2.24) is 0 Å². The fraction of sp³-hybridized carbons (Fsp3) is 0.400. The molecule has 6 nitrogen and oxygen atoms in total. The van der Waals surface area contributed by atoms with Crippen LogP contribution in [0.4, 0.5) is 8.78 Å². The molecular weight excluding hydrogens is 374 g/mol. The monoisotopic (exact) mass is 396 g/mol. The first-order valence-electron chi connectivity index (χ1n) is 8.82. The van der Waals surface area contributed by atoms with E-state index in [0.717, 1.165) is 11.1 Å². The summed E-state index contributed by atoms with van der Waals surface area (Å²) in [5, 5.41) is 39.5. The van der Waals surface area contributed by atoms with E-state index in [1.54, 1.807) is 30.3 Å². The van der Waals surface area contributed by atoms with Crippen LogP contribution in [0.25, 0.3) is 0 Å². The minimum Gasteiger partial charge on any atom is -0.435 e. The van der Waals surface area contributed by atoms with Crippen molar-refractivity contribution in [3.63, 3.8) is 0 Å². The highest BCUT2D eigenvalue weighted by molar-refractivity contribution is 5.34. The molecule has 0 bridgehead atoms. The Morgan fingerprint density at radius 1 is 0.929 bits per heavy atom. The molecule has 0 saturated carbocycles. The van der Waals surface area contributed by atoms with E-state index in [1.807, 2.05) is 6.07 Å². The van der Waals surface area contributed by atoms with Gasteiger partial charge < -0.3 is 29.9 Å². The van der Waals surface area contributed by atoms with Gasteiger partial charge in [-0.1, -0.05) is 36.4 Å². The standard InChI is InChI=1S/C20H22F2O6/c21-20(22)27-14-6-4-11(5-7-14)8-12-2-1-3-13(9-12)19-18(26)17(25)16(24)15(10-23)28-19/h1-7,9,15-20,23-26H,8,10H2/t15-,16-,17+,18-,19+/m1/s1. The molecular formula is C20H22F2O6. The van der Waals surface area contributed by atoms with Gasteiger partial charge in [-0.05, 0) is 35.2 Å². The van der Waals surface area contributed by atoms with Crippen LogP contribution in [0.3, 0.4) is 0 Å². The fourth-order valence-corrected chi connectivity index (χ4v) is 3.28. The Morgan fingerprint density at radius 3 is 2.29 bits per heavy atom. The Morgan fingerprint density at radius 2 is 1.64 bits per heavy atom. The second-order valence-electron chi connectivity index (χ2n) is 6.69. The highest BCUT2D eigenvalue weighted by Crippen LogP contribution is 2.33. The van der Waals surface area contributed by atoms with Crippen molar-refractivity contribution in [2.75, 3.05) is 6.61 Å². The van der Waals surface area contributed by atoms with Crippen molar-refractivity contribution in [1.29, 1.82) is 0 Å². The lowest BCUT2D eigenvalue weighted by atomic mass is 9.90. The van der Waals surface area contributed by atoms with Gasteiger partial charge in [0.05, 0.1) is 6.61 Å². The third-order valence-corrected chi connectivity index (χ3v) is 4.73. The van der Waals surface area contributed by atoms with E-state index in [4.69, 9.17) is 4.74 Å². The van der Waals surface area contributed by atoms with E-state index >= 15 is 0 Å². The Bertz CT molecular complexity index is 768. The Hall–Kier alpha value is -2.10. The molecule has 8 heteroatoms. The molecule has 2 aromatic rings.